The maximum absolute atomic E-state index is 14.6. The van der Waals surface area contributed by atoms with Gasteiger partial charge in [0.25, 0.3) is 0 Å². The molecule has 0 spiro atoms. The lowest BCUT2D eigenvalue weighted by Crippen LogP contribution is -2.49. The third-order valence-electron chi connectivity index (χ3n) is 7.61. The van der Waals surface area contributed by atoms with E-state index < -0.39 is 48.8 Å². The quantitative estimate of drug-likeness (QED) is 0.145. The second-order valence-electron chi connectivity index (χ2n) is 9.87. The van der Waals surface area contributed by atoms with Gasteiger partial charge in [-0.2, -0.15) is 13.1 Å². The summed E-state index contributed by atoms with van der Waals surface area (Å²) < 4.78 is 84.3. The van der Waals surface area contributed by atoms with Crippen molar-refractivity contribution in [1.29, 1.82) is 0 Å². The van der Waals surface area contributed by atoms with E-state index in [2.05, 4.69) is 27.0 Å². The van der Waals surface area contributed by atoms with E-state index in [1.807, 2.05) is 35.2 Å². The maximum atomic E-state index is 14.6. The molecule has 3 aromatic carbocycles. The minimum Gasteiger partial charge on any atom is -0.365 e. The molecule has 15 heteroatoms. The van der Waals surface area contributed by atoms with Gasteiger partial charge in [0.05, 0.1) is 17.2 Å². The van der Waals surface area contributed by atoms with Crippen LogP contribution in [0.25, 0.3) is 10.8 Å². The van der Waals surface area contributed by atoms with Crippen molar-refractivity contribution in [1.82, 2.24) is 14.3 Å². The van der Waals surface area contributed by atoms with E-state index in [1.165, 1.54) is 6.33 Å². The number of nitro groups is 1. The number of nitrogens with zero attached hydrogens (tertiary/aromatic N) is 6. The van der Waals surface area contributed by atoms with E-state index in [0.717, 1.165) is 27.7 Å². The Morgan fingerprint density at radius 3 is 2.17 bits per heavy atom. The van der Waals surface area contributed by atoms with Crippen molar-refractivity contribution in [2.24, 2.45) is 0 Å². The highest BCUT2D eigenvalue weighted by Gasteiger charge is 2.41. The topological polar surface area (TPSA) is 113 Å². The molecule has 0 unspecified atom stereocenters. The Bertz CT molecular complexity index is 1820. The molecule has 6 rings (SSSR count). The first-order chi connectivity index (χ1) is 20.1. The van der Waals surface area contributed by atoms with Crippen LogP contribution in [0.4, 0.5) is 34.8 Å². The molecule has 218 valence electrons. The number of benzene rings is 3. The van der Waals surface area contributed by atoms with Crippen LogP contribution in [0.3, 0.4) is 0 Å². The number of aromatic nitrogens is 2. The first-order valence-electron chi connectivity index (χ1n) is 12.9. The molecule has 0 N–H and O–H groups in total. The molecule has 0 amide bonds. The van der Waals surface area contributed by atoms with Gasteiger partial charge in [0.15, 0.2) is 16.5 Å². The average molecular weight is 603 g/mol. The minimum absolute atomic E-state index is 0.0664. The van der Waals surface area contributed by atoms with Gasteiger partial charge in [-0.25, -0.2) is 27.2 Å². The normalized spacial score (nSPS) is 16.1. The zero-order valence-electron chi connectivity index (χ0n) is 21.8. The van der Waals surface area contributed by atoms with E-state index >= 15 is 0 Å². The van der Waals surface area contributed by atoms with Crippen LogP contribution in [0.2, 0.25) is 0 Å². The standard InChI is InChI=1S/C27H22F4N6O4S/c28-21-23(30)26(24(31)22(29)25(21)37(38)39)42(40,41)36-12-10-34(11-13-36)27-18-8-9-35(14-19(18)32-15-33-27)20-7-3-5-16-4-1-2-6-17(16)20/h1-7,15H,8-14H2. The van der Waals surface area contributed by atoms with Crippen LogP contribution in [0.1, 0.15) is 11.3 Å². The fraction of sp³-hybridized carbons (Fsp3) is 0.259. The van der Waals surface area contributed by atoms with Crippen LogP contribution < -0.4 is 9.80 Å². The first kappa shape index (κ1) is 27.8. The Morgan fingerprint density at radius 2 is 1.48 bits per heavy atom. The summed E-state index contributed by atoms with van der Waals surface area (Å²) in [5, 5.41) is 13.1. The summed E-state index contributed by atoms with van der Waals surface area (Å²) in [6.45, 7) is 0.799. The fourth-order valence-corrected chi connectivity index (χ4v) is 7.09. The van der Waals surface area contributed by atoms with E-state index in [-0.39, 0.29) is 26.2 Å². The maximum Gasteiger partial charge on any atom is 0.346 e. The number of fused-ring (bicyclic) bond motifs is 2. The lowest BCUT2D eigenvalue weighted by atomic mass is 10.0. The molecule has 3 heterocycles. The van der Waals surface area contributed by atoms with E-state index in [9.17, 15) is 36.1 Å². The van der Waals surface area contributed by atoms with E-state index in [1.54, 1.807) is 0 Å². The molecule has 0 radical (unpaired) electrons. The van der Waals surface area contributed by atoms with Gasteiger partial charge in [-0.3, -0.25) is 10.1 Å². The van der Waals surface area contributed by atoms with Crippen molar-refractivity contribution in [2.45, 2.75) is 17.9 Å². The van der Waals surface area contributed by atoms with Gasteiger partial charge in [-0.1, -0.05) is 36.4 Å². The predicted molar refractivity (Wildman–Crippen MR) is 145 cm³/mol. The van der Waals surface area contributed by atoms with Crippen molar-refractivity contribution in [2.75, 3.05) is 42.5 Å². The first-order valence-corrected chi connectivity index (χ1v) is 14.3. The van der Waals surface area contributed by atoms with Gasteiger partial charge >= 0.3 is 5.69 Å². The Hall–Kier alpha value is -4.37. The van der Waals surface area contributed by atoms with Gasteiger partial charge in [-0.05, 0) is 17.9 Å². The summed E-state index contributed by atoms with van der Waals surface area (Å²) in [5.41, 5.74) is 0.703. The predicted octanol–water partition coefficient (Wildman–Crippen LogP) is 4.17. The number of nitro benzene ring substituents is 1. The van der Waals surface area contributed by atoms with Gasteiger partial charge in [0.2, 0.25) is 21.7 Å². The summed E-state index contributed by atoms with van der Waals surface area (Å²) in [7, 11) is -5.08. The smallest absolute Gasteiger partial charge is 0.346 e. The molecule has 0 aliphatic carbocycles. The van der Waals surface area contributed by atoms with E-state index in [0.29, 0.717) is 29.6 Å². The molecule has 2 aliphatic rings. The number of piperazine rings is 1. The zero-order chi connectivity index (χ0) is 29.8. The number of anilines is 2. The lowest BCUT2D eigenvalue weighted by molar-refractivity contribution is -0.390. The van der Waals surface area contributed by atoms with Crippen molar-refractivity contribution < 1.29 is 30.9 Å². The van der Waals surface area contributed by atoms with Crippen LogP contribution >= 0.6 is 0 Å². The monoisotopic (exact) mass is 602 g/mol. The van der Waals surface area contributed by atoms with Crippen LogP contribution in [0.5, 0.6) is 0 Å². The molecule has 1 aromatic heterocycles. The lowest BCUT2D eigenvalue weighted by Gasteiger charge is -2.37. The molecule has 0 saturated carbocycles. The fourth-order valence-electron chi connectivity index (χ4n) is 5.56. The summed E-state index contributed by atoms with van der Waals surface area (Å²) in [6.07, 6.45) is 2.04. The second kappa shape index (κ2) is 10.5. The van der Waals surface area contributed by atoms with Crippen LogP contribution in [0.15, 0.2) is 53.7 Å². The molecule has 0 atom stereocenters. The van der Waals surface area contributed by atoms with Crippen LogP contribution in [-0.2, 0) is 23.0 Å². The molecule has 10 nitrogen and oxygen atoms in total. The minimum atomic E-state index is -5.08. The largest absolute Gasteiger partial charge is 0.365 e. The SMILES string of the molecule is O=[N+]([O-])c1c(F)c(F)c(S(=O)(=O)N2CCN(c3ncnc4c3CCN(c3cccc5ccccc35)C4)CC2)c(F)c1F. The van der Waals surface area contributed by atoms with Crippen LogP contribution in [-0.4, -0.2) is 60.3 Å². The van der Waals surface area contributed by atoms with Crippen LogP contribution in [0, 0.1) is 33.4 Å². The Labute approximate surface area is 237 Å². The molecule has 0 bridgehead atoms. The average Bonchev–Trinajstić information content (AvgIpc) is 2.99. The highest BCUT2D eigenvalue weighted by molar-refractivity contribution is 7.89. The van der Waals surface area contributed by atoms with Crippen molar-refractivity contribution in [3.63, 3.8) is 0 Å². The second-order valence-corrected chi connectivity index (χ2v) is 11.7. The van der Waals surface area contributed by atoms with Gasteiger partial charge in [0.1, 0.15) is 12.1 Å². The Morgan fingerprint density at radius 1 is 0.810 bits per heavy atom. The highest BCUT2D eigenvalue weighted by Crippen LogP contribution is 2.35. The molecular weight excluding hydrogens is 580 g/mol. The Kier molecular flexibility index (Phi) is 6.93. The van der Waals surface area contributed by atoms with Crippen molar-refractivity contribution >= 4 is 38.0 Å². The third-order valence-corrected chi connectivity index (χ3v) is 9.53. The Balaban J connectivity index is 1.22. The molecule has 2 aliphatic heterocycles. The summed E-state index contributed by atoms with van der Waals surface area (Å²) >= 11 is 0. The zero-order valence-corrected chi connectivity index (χ0v) is 22.6. The van der Waals surface area contributed by atoms with Gasteiger partial charge < -0.3 is 9.80 Å². The molecular formula is C27H22F4N6O4S. The number of halogens is 4. The highest BCUT2D eigenvalue weighted by atomic mass is 32.2. The third kappa shape index (κ3) is 4.48. The summed E-state index contributed by atoms with van der Waals surface area (Å²) in [4.78, 5) is 20.3. The molecule has 42 heavy (non-hydrogen) atoms. The molecule has 1 saturated heterocycles. The van der Waals surface area contributed by atoms with Crippen molar-refractivity contribution in [3.05, 3.63) is 93.4 Å². The van der Waals surface area contributed by atoms with Gasteiger partial charge in [0, 0.05) is 49.4 Å². The number of hydrogen-bond acceptors (Lipinski definition) is 8. The molecule has 1 fully saturated rings. The van der Waals surface area contributed by atoms with E-state index in [4.69, 9.17) is 0 Å². The number of rotatable bonds is 5. The van der Waals surface area contributed by atoms with Gasteiger partial charge in [-0.15, -0.1) is 0 Å². The summed E-state index contributed by atoms with van der Waals surface area (Å²) in [5.74, 6) is -8.85. The number of hydrogen-bond donors (Lipinski definition) is 0. The summed E-state index contributed by atoms with van der Waals surface area (Å²) in [6, 6.07) is 14.2. The van der Waals surface area contributed by atoms with Crippen molar-refractivity contribution in [3.8, 4) is 0 Å². The molecule has 4 aromatic rings. The number of sulfonamides is 1.